The third kappa shape index (κ3) is 2.68. The van der Waals surface area contributed by atoms with Gasteiger partial charge in [0.1, 0.15) is 5.82 Å². The average molecular weight is 264 g/mol. The van der Waals surface area contributed by atoms with Crippen LogP contribution in [0, 0.1) is 5.82 Å². The fraction of sp³-hybridized carbons (Fsp3) is 0.0714. The standard InChI is InChI=1S/C14H11ClFNO/c15-11-6-4-9(5-7-11)14-10(8-13(17)18)2-1-3-12(14)16/h1-7H,8H2,(H2,17,18). The predicted octanol–water partition coefficient (Wildman–Crippen LogP) is 3.17. The number of hydrogen-bond acceptors (Lipinski definition) is 1. The molecular weight excluding hydrogens is 253 g/mol. The van der Waals surface area contributed by atoms with Crippen LogP contribution in [-0.2, 0) is 11.2 Å². The summed E-state index contributed by atoms with van der Waals surface area (Å²) in [7, 11) is 0. The van der Waals surface area contributed by atoms with Crippen molar-refractivity contribution in [2.45, 2.75) is 6.42 Å². The average Bonchev–Trinajstić information content (AvgIpc) is 2.30. The van der Waals surface area contributed by atoms with E-state index in [9.17, 15) is 9.18 Å². The largest absolute Gasteiger partial charge is 0.369 e. The number of halogens is 2. The fourth-order valence-electron chi connectivity index (χ4n) is 1.84. The third-order valence-corrected chi connectivity index (χ3v) is 2.85. The molecule has 0 saturated carbocycles. The number of benzene rings is 2. The highest BCUT2D eigenvalue weighted by Gasteiger charge is 2.12. The van der Waals surface area contributed by atoms with Gasteiger partial charge in [0.05, 0.1) is 6.42 Å². The Bertz CT molecular complexity index is 581. The molecule has 0 heterocycles. The van der Waals surface area contributed by atoms with Crippen molar-refractivity contribution in [3.63, 3.8) is 0 Å². The number of rotatable bonds is 3. The first-order chi connectivity index (χ1) is 8.58. The predicted molar refractivity (Wildman–Crippen MR) is 69.7 cm³/mol. The molecule has 0 radical (unpaired) electrons. The summed E-state index contributed by atoms with van der Waals surface area (Å²) in [5.74, 6) is -0.869. The van der Waals surface area contributed by atoms with Gasteiger partial charge in [0, 0.05) is 10.6 Å². The lowest BCUT2D eigenvalue weighted by Crippen LogP contribution is -2.14. The summed E-state index contributed by atoms with van der Waals surface area (Å²) in [6.45, 7) is 0. The molecule has 1 amide bonds. The van der Waals surface area contributed by atoms with Crippen LogP contribution in [0.4, 0.5) is 4.39 Å². The van der Waals surface area contributed by atoms with E-state index in [0.29, 0.717) is 21.7 Å². The van der Waals surface area contributed by atoms with Gasteiger partial charge in [-0.15, -0.1) is 0 Å². The van der Waals surface area contributed by atoms with E-state index in [-0.39, 0.29) is 12.2 Å². The van der Waals surface area contributed by atoms with E-state index in [0.717, 1.165) is 0 Å². The summed E-state index contributed by atoms with van der Waals surface area (Å²) in [6, 6.07) is 11.4. The van der Waals surface area contributed by atoms with Gasteiger partial charge in [-0.05, 0) is 29.3 Å². The Morgan fingerprint density at radius 1 is 1.17 bits per heavy atom. The van der Waals surface area contributed by atoms with Crippen LogP contribution in [-0.4, -0.2) is 5.91 Å². The highest BCUT2D eigenvalue weighted by molar-refractivity contribution is 6.30. The van der Waals surface area contributed by atoms with Crippen LogP contribution in [0.2, 0.25) is 5.02 Å². The summed E-state index contributed by atoms with van der Waals surface area (Å²) in [5, 5.41) is 0.576. The van der Waals surface area contributed by atoms with Crippen molar-refractivity contribution in [1.82, 2.24) is 0 Å². The molecule has 0 aliphatic rings. The molecule has 18 heavy (non-hydrogen) atoms. The molecule has 4 heteroatoms. The summed E-state index contributed by atoms with van der Waals surface area (Å²) in [6.07, 6.45) is 0.00964. The van der Waals surface area contributed by atoms with Crippen molar-refractivity contribution in [2.75, 3.05) is 0 Å². The molecule has 0 atom stereocenters. The quantitative estimate of drug-likeness (QED) is 0.908. The van der Waals surface area contributed by atoms with Crippen molar-refractivity contribution in [2.24, 2.45) is 5.73 Å². The van der Waals surface area contributed by atoms with E-state index in [1.165, 1.54) is 6.07 Å². The Kier molecular flexibility index (Phi) is 3.63. The van der Waals surface area contributed by atoms with Gasteiger partial charge in [0.2, 0.25) is 5.91 Å². The Morgan fingerprint density at radius 3 is 2.44 bits per heavy atom. The lowest BCUT2D eigenvalue weighted by Gasteiger charge is -2.09. The molecule has 2 aromatic rings. The zero-order valence-corrected chi connectivity index (χ0v) is 10.2. The Hall–Kier alpha value is -1.87. The van der Waals surface area contributed by atoms with Gasteiger partial charge in [-0.3, -0.25) is 4.79 Å². The van der Waals surface area contributed by atoms with Crippen LogP contribution in [0.3, 0.4) is 0 Å². The molecule has 0 aromatic heterocycles. The Labute approximate surface area is 109 Å². The number of carbonyl (C=O) groups excluding carboxylic acids is 1. The molecular formula is C14H11ClFNO. The van der Waals surface area contributed by atoms with Crippen molar-refractivity contribution in [1.29, 1.82) is 0 Å². The van der Waals surface area contributed by atoms with Crippen LogP contribution in [0.1, 0.15) is 5.56 Å². The molecule has 0 bridgehead atoms. The summed E-state index contributed by atoms with van der Waals surface area (Å²) in [5.41, 5.74) is 6.81. The first-order valence-electron chi connectivity index (χ1n) is 5.39. The molecule has 0 aliphatic carbocycles. The summed E-state index contributed by atoms with van der Waals surface area (Å²) in [4.78, 5) is 11.0. The maximum Gasteiger partial charge on any atom is 0.221 e. The number of amides is 1. The minimum absolute atomic E-state index is 0.00964. The monoisotopic (exact) mass is 263 g/mol. The maximum absolute atomic E-state index is 13.9. The highest BCUT2D eigenvalue weighted by Crippen LogP contribution is 2.28. The molecule has 0 aliphatic heterocycles. The molecule has 2 aromatic carbocycles. The lowest BCUT2D eigenvalue weighted by molar-refractivity contribution is -0.117. The zero-order valence-electron chi connectivity index (χ0n) is 9.49. The Balaban J connectivity index is 2.54. The lowest BCUT2D eigenvalue weighted by atomic mass is 9.97. The van der Waals surface area contributed by atoms with Gasteiger partial charge in [-0.25, -0.2) is 4.39 Å². The molecule has 0 saturated heterocycles. The second-order valence-corrected chi connectivity index (χ2v) is 4.36. The van der Waals surface area contributed by atoms with E-state index in [1.54, 1.807) is 36.4 Å². The van der Waals surface area contributed by atoms with Crippen LogP contribution in [0.25, 0.3) is 11.1 Å². The van der Waals surface area contributed by atoms with Gasteiger partial charge in [-0.2, -0.15) is 0 Å². The molecule has 92 valence electrons. The van der Waals surface area contributed by atoms with E-state index >= 15 is 0 Å². The van der Waals surface area contributed by atoms with Crippen molar-refractivity contribution in [3.8, 4) is 11.1 Å². The second kappa shape index (κ2) is 5.19. The number of primary amides is 1. The van der Waals surface area contributed by atoms with Crippen LogP contribution < -0.4 is 5.73 Å². The SMILES string of the molecule is NC(=O)Cc1cccc(F)c1-c1ccc(Cl)cc1. The van der Waals surface area contributed by atoms with E-state index in [1.807, 2.05) is 0 Å². The fourth-order valence-corrected chi connectivity index (χ4v) is 1.97. The topological polar surface area (TPSA) is 43.1 Å². The molecule has 2 nitrogen and oxygen atoms in total. The molecule has 0 unspecified atom stereocenters. The molecule has 0 fully saturated rings. The smallest absolute Gasteiger partial charge is 0.221 e. The van der Waals surface area contributed by atoms with Gasteiger partial charge in [0.15, 0.2) is 0 Å². The first-order valence-corrected chi connectivity index (χ1v) is 5.77. The molecule has 2 N–H and O–H groups in total. The number of carbonyl (C=O) groups is 1. The van der Waals surface area contributed by atoms with Gasteiger partial charge >= 0.3 is 0 Å². The van der Waals surface area contributed by atoms with Gasteiger partial charge in [-0.1, -0.05) is 35.9 Å². The van der Waals surface area contributed by atoms with Crippen LogP contribution in [0.5, 0.6) is 0 Å². The maximum atomic E-state index is 13.9. The summed E-state index contributed by atoms with van der Waals surface area (Å²) >= 11 is 5.80. The van der Waals surface area contributed by atoms with E-state index < -0.39 is 5.91 Å². The third-order valence-electron chi connectivity index (χ3n) is 2.60. The van der Waals surface area contributed by atoms with Crippen molar-refractivity contribution >= 4 is 17.5 Å². The first kappa shape index (κ1) is 12.6. The van der Waals surface area contributed by atoms with Gasteiger partial charge in [0.25, 0.3) is 0 Å². The Morgan fingerprint density at radius 2 is 1.83 bits per heavy atom. The van der Waals surface area contributed by atoms with E-state index in [4.69, 9.17) is 17.3 Å². The van der Waals surface area contributed by atoms with Crippen molar-refractivity contribution in [3.05, 3.63) is 58.9 Å². The minimum Gasteiger partial charge on any atom is -0.369 e. The van der Waals surface area contributed by atoms with Crippen LogP contribution >= 0.6 is 11.6 Å². The molecule has 0 spiro atoms. The van der Waals surface area contributed by atoms with E-state index in [2.05, 4.69) is 0 Å². The van der Waals surface area contributed by atoms with Gasteiger partial charge < -0.3 is 5.73 Å². The highest BCUT2D eigenvalue weighted by atomic mass is 35.5. The summed E-state index contributed by atoms with van der Waals surface area (Å²) < 4.78 is 13.9. The second-order valence-electron chi connectivity index (χ2n) is 3.92. The minimum atomic E-state index is -0.490. The van der Waals surface area contributed by atoms with Crippen molar-refractivity contribution < 1.29 is 9.18 Å². The zero-order chi connectivity index (χ0) is 13.1. The normalized spacial score (nSPS) is 10.3. The number of nitrogens with two attached hydrogens (primary N) is 1. The number of hydrogen-bond donors (Lipinski definition) is 1. The van der Waals surface area contributed by atoms with Crippen LogP contribution in [0.15, 0.2) is 42.5 Å². The molecule has 2 rings (SSSR count).